The maximum absolute atomic E-state index is 5.46. The van der Waals surface area contributed by atoms with Gasteiger partial charge in [-0.2, -0.15) is 0 Å². The molecule has 1 atom stereocenters. The molecule has 0 aliphatic rings. The molecule has 0 aliphatic heterocycles. The van der Waals surface area contributed by atoms with E-state index in [4.69, 9.17) is 9.47 Å². The van der Waals surface area contributed by atoms with Gasteiger partial charge in [0.2, 0.25) is 5.95 Å². The van der Waals surface area contributed by atoms with E-state index in [1.54, 1.807) is 14.2 Å². The number of imidazole rings is 1. The summed E-state index contributed by atoms with van der Waals surface area (Å²) in [6.45, 7) is 9.59. The summed E-state index contributed by atoms with van der Waals surface area (Å²) in [6.07, 6.45) is 2.03. The average Bonchev–Trinajstić information content (AvgIpc) is 2.58. The van der Waals surface area contributed by atoms with Crippen molar-refractivity contribution in [3.63, 3.8) is 0 Å². The molecule has 0 fully saturated rings. The van der Waals surface area contributed by atoms with Crippen molar-refractivity contribution in [3.05, 3.63) is 11.9 Å². The van der Waals surface area contributed by atoms with Crippen LogP contribution in [0, 0.1) is 6.92 Å². The van der Waals surface area contributed by atoms with Gasteiger partial charge in [-0.15, -0.1) is 0 Å². The summed E-state index contributed by atoms with van der Waals surface area (Å²) in [4.78, 5) is 4.49. The van der Waals surface area contributed by atoms with Crippen LogP contribution in [0.5, 0.6) is 0 Å². The Hall–Kier alpha value is -1.07. The Balaban J connectivity index is 2.79. The van der Waals surface area contributed by atoms with Crippen LogP contribution >= 0.6 is 0 Å². The molecule has 1 rings (SSSR count). The van der Waals surface area contributed by atoms with Gasteiger partial charge in [-0.25, -0.2) is 4.98 Å². The zero-order chi connectivity index (χ0) is 13.8. The maximum atomic E-state index is 5.46. The van der Waals surface area contributed by atoms with Crippen molar-refractivity contribution < 1.29 is 9.47 Å². The highest BCUT2D eigenvalue weighted by molar-refractivity contribution is 5.30. The molecule has 1 aromatic rings. The summed E-state index contributed by atoms with van der Waals surface area (Å²) in [5, 5.41) is 3.35. The van der Waals surface area contributed by atoms with Crippen LogP contribution < -0.4 is 5.32 Å². The van der Waals surface area contributed by atoms with Gasteiger partial charge in [0.1, 0.15) is 0 Å². The topological polar surface area (TPSA) is 48.3 Å². The summed E-state index contributed by atoms with van der Waals surface area (Å²) in [5.74, 6) is 0.863. The second-order valence-electron chi connectivity index (χ2n) is 5.30. The lowest BCUT2D eigenvalue weighted by Gasteiger charge is -2.25. The molecule has 0 bridgehead atoms. The number of methoxy groups -OCH3 is 2. The van der Waals surface area contributed by atoms with Crippen LogP contribution in [0.4, 0.5) is 5.95 Å². The van der Waals surface area contributed by atoms with E-state index in [1.165, 1.54) is 0 Å². The maximum Gasteiger partial charge on any atom is 0.203 e. The first-order chi connectivity index (χ1) is 8.38. The van der Waals surface area contributed by atoms with Crippen molar-refractivity contribution in [1.29, 1.82) is 0 Å². The molecule has 104 valence electrons. The van der Waals surface area contributed by atoms with Gasteiger partial charge < -0.3 is 19.4 Å². The van der Waals surface area contributed by atoms with Crippen molar-refractivity contribution >= 4 is 5.95 Å². The number of aromatic nitrogens is 2. The summed E-state index contributed by atoms with van der Waals surface area (Å²) in [7, 11) is 3.42. The predicted octanol–water partition coefficient (Wildman–Crippen LogP) is 2.06. The predicted molar refractivity (Wildman–Crippen MR) is 73.0 cm³/mol. The number of aryl methyl sites for hydroxylation is 1. The molecule has 1 N–H and O–H groups in total. The van der Waals surface area contributed by atoms with Crippen LogP contribution in [-0.4, -0.2) is 42.0 Å². The Bertz CT molecular complexity index is 374. The fourth-order valence-electron chi connectivity index (χ4n) is 1.77. The van der Waals surface area contributed by atoms with Gasteiger partial charge in [0, 0.05) is 26.5 Å². The first-order valence-corrected chi connectivity index (χ1v) is 6.22. The van der Waals surface area contributed by atoms with Crippen molar-refractivity contribution in [2.75, 3.05) is 26.1 Å². The summed E-state index contributed by atoms with van der Waals surface area (Å²) in [5.41, 5.74) is 0.780. The molecule has 5 heteroatoms. The van der Waals surface area contributed by atoms with E-state index in [0.717, 1.165) is 18.2 Å². The largest absolute Gasteiger partial charge is 0.383 e. The van der Waals surface area contributed by atoms with Crippen LogP contribution in [0.3, 0.4) is 0 Å². The molecule has 0 aliphatic carbocycles. The Kier molecular flexibility index (Phi) is 5.16. The number of anilines is 1. The lowest BCUT2D eigenvalue weighted by Crippen LogP contribution is -2.30. The molecular formula is C13H25N3O2. The van der Waals surface area contributed by atoms with E-state index in [-0.39, 0.29) is 11.6 Å². The standard InChI is InChI=1S/C13H25N3O2/c1-10-7-16(9-13(3,4)18-6)12(14-10)15-11(2)8-17-5/h7,11H,8-9H2,1-6H3,(H,14,15). The molecule has 18 heavy (non-hydrogen) atoms. The van der Waals surface area contributed by atoms with Crippen LogP contribution in [-0.2, 0) is 16.0 Å². The van der Waals surface area contributed by atoms with Crippen molar-refractivity contribution in [2.24, 2.45) is 0 Å². The summed E-state index contributed by atoms with van der Waals surface area (Å²) < 4.78 is 12.7. The lowest BCUT2D eigenvalue weighted by molar-refractivity contribution is 0.00853. The number of nitrogens with zero attached hydrogens (tertiary/aromatic N) is 2. The van der Waals surface area contributed by atoms with Crippen molar-refractivity contribution in [1.82, 2.24) is 9.55 Å². The van der Waals surface area contributed by atoms with Crippen LogP contribution in [0.15, 0.2) is 6.20 Å². The Morgan fingerprint density at radius 3 is 2.67 bits per heavy atom. The average molecular weight is 255 g/mol. The third kappa shape index (κ3) is 4.31. The number of hydrogen-bond acceptors (Lipinski definition) is 4. The van der Waals surface area contributed by atoms with Gasteiger partial charge in [0.25, 0.3) is 0 Å². The highest BCUT2D eigenvalue weighted by Crippen LogP contribution is 2.17. The summed E-state index contributed by atoms with van der Waals surface area (Å²) in [6, 6.07) is 0.223. The lowest BCUT2D eigenvalue weighted by atomic mass is 10.1. The number of nitrogens with one attached hydrogen (secondary N) is 1. The fourth-order valence-corrected chi connectivity index (χ4v) is 1.77. The second-order valence-corrected chi connectivity index (χ2v) is 5.30. The zero-order valence-corrected chi connectivity index (χ0v) is 12.3. The molecule has 0 amide bonds. The molecule has 1 aromatic heterocycles. The first-order valence-electron chi connectivity index (χ1n) is 6.22. The van der Waals surface area contributed by atoms with Crippen LogP contribution in [0.25, 0.3) is 0 Å². The van der Waals surface area contributed by atoms with E-state index in [9.17, 15) is 0 Å². The molecule has 1 heterocycles. The van der Waals surface area contributed by atoms with Crippen molar-refractivity contribution in [3.8, 4) is 0 Å². The Labute approximate surface area is 109 Å². The normalized spacial score (nSPS) is 13.7. The van der Waals surface area contributed by atoms with Gasteiger partial charge in [-0.05, 0) is 27.7 Å². The van der Waals surface area contributed by atoms with Gasteiger partial charge in [-0.3, -0.25) is 0 Å². The van der Waals surface area contributed by atoms with Crippen LogP contribution in [0.1, 0.15) is 26.5 Å². The fraction of sp³-hybridized carbons (Fsp3) is 0.769. The number of hydrogen-bond donors (Lipinski definition) is 1. The minimum Gasteiger partial charge on any atom is -0.383 e. The first kappa shape index (κ1) is 15.0. The molecule has 0 spiro atoms. The Morgan fingerprint density at radius 1 is 1.44 bits per heavy atom. The van der Waals surface area contributed by atoms with Gasteiger partial charge in [0.15, 0.2) is 0 Å². The minimum absolute atomic E-state index is 0.214. The molecule has 0 saturated heterocycles. The number of ether oxygens (including phenoxy) is 2. The monoisotopic (exact) mass is 255 g/mol. The smallest absolute Gasteiger partial charge is 0.203 e. The van der Waals surface area contributed by atoms with E-state index >= 15 is 0 Å². The van der Waals surface area contributed by atoms with Gasteiger partial charge in [0.05, 0.1) is 24.4 Å². The third-order valence-corrected chi connectivity index (χ3v) is 2.79. The summed E-state index contributed by atoms with van der Waals surface area (Å²) >= 11 is 0. The quantitative estimate of drug-likeness (QED) is 0.810. The molecular weight excluding hydrogens is 230 g/mol. The highest BCUT2D eigenvalue weighted by atomic mass is 16.5. The zero-order valence-electron chi connectivity index (χ0n) is 12.3. The van der Waals surface area contributed by atoms with Gasteiger partial charge >= 0.3 is 0 Å². The van der Waals surface area contributed by atoms with Gasteiger partial charge in [-0.1, -0.05) is 0 Å². The van der Waals surface area contributed by atoms with E-state index in [1.807, 2.05) is 13.1 Å². The van der Waals surface area contributed by atoms with E-state index in [0.29, 0.717) is 6.61 Å². The minimum atomic E-state index is -0.214. The van der Waals surface area contributed by atoms with Crippen molar-refractivity contribution in [2.45, 2.75) is 45.9 Å². The van der Waals surface area contributed by atoms with Crippen LogP contribution in [0.2, 0.25) is 0 Å². The molecule has 0 saturated carbocycles. The molecule has 0 aromatic carbocycles. The third-order valence-electron chi connectivity index (χ3n) is 2.79. The second kappa shape index (κ2) is 6.20. The highest BCUT2D eigenvalue weighted by Gasteiger charge is 2.20. The van der Waals surface area contributed by atoms with E-state index in [2.05, 4.69) is 35.6 Å². The SMILES string of the molecule is COCC(C)Nc1nc(C)cn1CC(C)(C)OC. The van der Waals surface area contributed by atoms with E-state index < -0.39 is 0 Å². The Morgan fingerprint density at radius 2 is 2.11 bits per heavy atom. The molecule has 5 nitrogen and oxygen atoms in total. The molecule has 0 radical (unpaired) electrons. The molecule has 1 unspecified atom stereocenters. The number of rotatable bonds is 7.